The normalized spacial score (nSPS) is 10.2. The number of rotatable bonds is 4. The molecule has 0 aliphatic heterocycles. The van der Waals surface area contributed by atoms with Crippen LogP contribution in [0.1, 0.15) is 68.7 Å². The smallest absolute Gasteiger partial charge is 0.412 e. The van der Waals surface area contributed by atoms with E-state index < -0.39 is 11.7 Å². The molecular formula is C23H39N3O2. The first kappa shape index (κ1) is 27.7. The highest BCUT2D eigenvalue weighted by Gasteiger charge is 2.16. The van der Waals surface area contributed by atoms with Crippen molar-refractivity contribution in [1.29, 1.82) is 0 Å². The molecule has 0 saturated carbocycles. The molecule has 1 aromatic carbocycles. The van der Waals surface area contributed by atoms with E-state index in [1.807, 2.05) is 66.7 Å². The highest BCUT2D eigenvalue weighted by molar-refractivity contribution is 6.04. The van der Waals surface area contributed by atoms with Crippen LogP contribution in [0.25, 0.3) is 0 Å². The number of amides is 1. The van der Waals surface area contributed by atoms with Crippen molar-refractivity contribution < 1.29 is 9.53 Å². The minimum atomic E-state index is -0.535. The average molecular weight is 390 g/mol. The lowest BCUT2D eigenvalue weighted by atomic mass is 10.2. The number of amidine groups is 1. The fourth-order valence-electron chi connectivity index (χ4n) is 1.72. The molecule has 2 N–H and O–H groups in total. The number of carbonyl (C=O) groups is 1. The Kier molecular flexibility index (Phi) is 15.3. The summed E-state index contributed by atoms with van der Waals surface area (Å²) in [5.41, 5.74) is 2.02. The van der Waals surface area contributed by atoms with Crippen LogP contribution in [-0.2, 0) is 4.74 Å². The van der Waals surface area contributed by atoms with E-state index in [-0.39, 0.29) is 0 Å². The SMILES string of the molecule is C=CN=C(C=C(C)C)Nc1cccc(NC(=O)OC(C)(C)C)c1.CC.CCC. The van der Waals surface area contributed by atoms with Gasteiger partial charge >= 0.3 is 6.09 Å². The molecule has 0 aliphatic rings. The van der Waals surface area contributed by atoms with Gasteiger partial charge in [-0.3, -0.25) is 5.32 Å². The minimum Gasteiger partial charge on any atom is -0.444 e. The molecule has 1 rings (SSSR count). The summed E-state index contributed by atoms with van der Waals surface area (Å²) in [6, 6.07) is 7.32. The average Bonchev–Trinajstić information content (AvgIpc) is 2.55. The number of hydrogen-bond donors (Lipinski definition) is 2. The van der Waals surface area contributed by atoms with E-state index in [4.69, 9.17) is 4.74 Å². The highest BCUT2D eigenvalue weighted by atomic mass is 16.6. The molecule has 0 atom stereocenters. The Bertz CT molecular complexity index is 637. The molecule has 0 aromatic heterocycles. The number of nitrogens with one attached hydrogen (secondary N) is 2. The van der Waals surface area contributed by atoms with Gasteiger partial charge in [0.2, 0.25) is 0 Å². The van der Waals surface area contributed by atoms with Gasteiger partial charge < -0.3 is 10.1 Å². The second-order valence-corrected chi connectivity index (χ2v) is 6.96. The molecule has 5 nitrogen and oxygen atoms in total. The minimum absolute atomic E-state index is 0.487. The van der Waals surface area contributed by atoms with Gasteiger partial charge in [0, 0.05) is 17.6 Å². The Labute approximate surface area is 172 Å². The molecule has 1 amide bonds. The van der Waals surface area contributed by atoms with Gasteiger partial charge in [-0.2, -0.15) is 0 Å². The first-order valence-electron chi connectivity index (χ1n) is 9.82. The van der Waals surface area contributed by atoms with Crippen LogP contribution in [0.2, 0.25) is 0 Å². The molecule has 0 spiro atoms. The van der Waals surface area contributed by atoms with E-state index in [0.717, 1.165) is 11.3 Å². The lowest BCUT2D eigenvalue weighted by molar-refractivity contribution is 0.0636. The van der Waals surface area contributed by atoms with Crippen LogP contribution in [0, 0.1) is 0 Å². The van der Waals surface area contributed by atoms with Crippen molar-refractivity contribution >= 4 is 23.3 Å². The first-order chi connectivity index (χ1) is 13.1. The van der Waals surface area contributed by atoms with Crippen LogP contribution in [0.5, 0.6) is 0 Å². The monoisotopic (exact) mass is 389 g/mol. The number of nitrogens with zero attached hydrogens (tertiary/aromatic N) is 1. The van der Waals surface area contributed by atoms with E-state index in [2.05, 4.69) is 36.1 Å². The van der Waals surface area contributed by atoms with E-state index in [9.17, 15) is 4.79 Å². The predicted molar refractivity (Wildman–Crippen MR) is 124 cm³/mol. The molecule has 0 bridgehead atoms. The van der Waals surface area contributed by atoms with Crippen LogP contribution in [0.15, 0.2) is 53.7 Å². The number of allylic oxidation sites excluding steroid dienone is 1. The highest BCUT2D eigenvalue weighted by Crippen LogP contribution is 2.17. The van der Waals surface area contributed by atoms with Gasteiger partial charge in [-0.1, -0.05) is 52.3 Å². The van der Waals surface area contributed by atoms with E-state index >= 15 is 0 Å². The summed E-state index contributed by atoms with van der Waals surface area (Å²) in [5.74, 6) is 0.675. The second kappa shape index (κ2) is 15.5. The Morgan fingerprint density at radius 3 is 2.07 bits per heavy atom. The fraction of sp³-hybridized carbons (Fsp3) is 0.478. The molecule has 5 heteroatoms. The van der Waals surface area contributed by atoms with Gasteiger partial charge in [-0.05, 0) is 58.9 Å². The molecule has 158 valence electrons. The molecule has 0 aliphatic carbocycles. The number of ether oxygens (including phenoxy) is 1. The van der Waals surface area contributed by atoms with Crippen molar-refractivity contribution in [3.05, 3.63) is 48.7 Å². The first-order valence-corrected chi connectivity index (χ1v) is 9.82. The van der Waals surface area contributed by atoms with E-state index in [1.165, 1.54) is 12.6 Å². The summed E-state index contributed by atoms with van der Waals surface area (Å²) in [6.45, 7) is 21.3. The fourth-order valence-corrected chi connectivity index (χ4v) is 1.72. The van der Waals surface area contributed by atoms with Gasteiger partial charge in [0.05, 0.1) is 0 Å². The third-order valence-corrected chi connectivity index (χ3v) is 2.44. The summed E-state index contributed by atoms with van der Waals surface area (Å²) in [4.78, 5) is 16.0. The number of benzene rings is 1. The largest absolute Gasteiger partial charge is 0.444 e. The van der Waals surface area contributed by atoms with Crippen LogP contribution in [-0.4, -0.2) is 17.5 Å². The van der Waals surface area contributed by atoms with Crippen molar-refractivity contribution in [3.63, 3.8) is 0 Å². The zero-order valence-corrected chi connectivity index (χ0v) is 19.1. The zero-order valence-electron chi connectivity index (χ0n) is 19.1. The maximum Gasteiger partial charge on any atom is 0.412 e. The second-order valence-electron chi connectivity index (χ2n) is 6.96. The third kappa shape index (κ3) is 15.7. The Morgan fingerprint density at radius 2 is 1.64 bits per heavy atom. The third-order valence-electron chi connectivity index (χ3n) is 2.44. The summed E-state index contributed by atoms with van der Waals surface area (Å²) >= 11 is 0. The molecule has 0 heterocycles. The predicted octanol–water partition coefficient (Wildman–Crippen LogP) is 7.40. The van der Waals surface area contributed by atoms with Gasteiger partial charge in [0.15, 0.2) is 0 Å². The Morgan fingerprint density at radius 1 is 1.14 bits per heavy atom. The van der Waals surface area contributed by atoms with Crippen molar-refractivity contribution in [2.24, 2.45) is 4.99 Å². The summed E-state index contributed by atoms with van der Waals surface area (Å²) in [6.07, 6.45) is 4.15. The standard InChI is InChI=1S/C18H25N3O2.C3H8.C2H6/c1-7-19-16(11-13(2)3)20-14-9-8-10-15(12-14)21-17(22)23-18(4,5)6;1-3-2;1-2/h7-12H,1H2,2-6H3,(H,19,20)(H,21,22);3H2,1-2H3;1-2H3. The summed E-state index contributed by atoms with van der Waals surface area (Å²) < 4.78 is 5.24. The van der Waals surface area contributed by atoms with Crippen LogP contribution in [0.4, 0.5) is 16.2 Å². The number of aliphatic imine (C=N–C) groups is 1. The Hall–Kier alpha value is -2.56. The number of carbonyl (C=O) groups excluding carboxylic acids is 1. The number of anilines is 2. The van der Waals surface area contributed by atoms with Crippen molar-refractivity contribution in [1.82, 2.24) is 0 Å². The van der Waals surface area contributed by atoms with Gasteiger partial charge in [0.25, 0.3) is 0 Å². The van der Waals surface area contributed by atoms with Crippen LogP contribution >= 0.6 is 0 Å². The van der Waals surface area contributed by atoms with Crippen molar-refractivity contribution in [2.75, 3.05) is 10.6 Å². The molecule has 0 unspecified atom stereocenters. The molecule has 1 aromatic rings. The quantitative estimate of drug-likeness (QED) is 0.416. The zero-order chi connectivity index (χ0) is 22.2. The maximum absolute atomic E-state index is 11.8. The van der Waals surface area contributed by atoms with Crippen LogP contribution < -0.4 is 10.6 Å². The maximum atomic E-state index is 11.8. The van der Waals surface area contributed by atoms with E-state index in [0.29, 0.717) is 11.5 Å². The lowest BCUT2D eigenvalue weighted by Crippen LogP contribution is -2.27. The van der Waals surface area contributed by atoms with Gasteiger partial charge in [0.1, 0.15) is 11.4 Å². The lowest BCUT2D eigenvalue weighted by Gasteiger charge is -2.19. The van der Waals surface area contributed by atoms with Crippen molar-refractivity contribution in [3.8, 4) is 0 Å². The Balaban J connectivity index is 0. The molecule has 0 saturated heterocycles. The molecular weight excluding hydrogens is 350 g/mol. The van der Waals surface area contributed by atoms with Crippen molar-refractivity contribution in [2.45, 2.75) is 74.3 Å². The number of hydrogen-bond acceptors (Lipinski definition) is 3. The van der Waals surface area contributed by atoms with Crippen LogP contribution in [0.3, 0.4) is 0 Å². The summed E-state index contributed by atoms with van der Waals surface area (Å²) in [7, 11) is 0. The molecule has 0 radical (unpaired) electrons. The van der Waals surface area contributed by atoms with E-state index in [1.54, 1.807) is 12.1 Å². The topological polar surface area (TPSA) is 62.7 Å². The molecule has 28 heavy (non-hydrogen) atoms. The molecule has 0 fully saturated rings. The summed E-state index contributed by atoms with van der Waals surface area (Å²) in [5, 5.41) is 5.89. The van der Waals surface area contributed by atoms with Gasteiger partial charge in [-0.25, -0.2) is 9.79 Å². The van der Waals surface area contributed by atoms with Gasteiger partial charge in [-0.15, -0.1) is 0 Å².